The van der Waals surface area contributed by atoms with Crippen LogP contribution in [0.25, 0.3) is 0 Å². The van der Waals surface area contributed by atoms with Crippen molar-refractivity contribution in [1.82, 2.24) is 10.2 Å². The maximum atomic E-state index is 11.7. The molecule has 0 heterocycles. The number of aliphatic carboxylic acids is 1. The molecule has 0 aliphatic rings. The van der Waals surface area contributed by atoms with E-state index in [4.69, 9.17) is 9.84 Å². The van der Waals surface area contributed by atoms with Crippen molar-refractivity contribution in [2.75, 3.05) is 27.2 Å². The number of hydrogen-bond donors (Lipinski definition) is 2. The molecule has 116 valence electrons. The highest BCUT2D eigenvalue weighted by atomic mass is 16.5. The number of amides is 1. The molecule has 0 aliphatic heterocycles. The normalized spacial score (nSPS) is 12.0. The van der Waals surface area contributed by atoms with E-state index in [1.165, 1.54) is 4.90 Å². The summed E-state index contributed by atoms with van der Waals surface area (Å²) in [5.74, 6) is -0.344. The number of rotatable bonds is 8. The van der Waals surface area contributed by atoms with Crippen LogP contribution in [0.2, 0.25) is 0 Å². The van der Waals surface area contributed by atoms with Gasteiger partial charge in [-0.3, -0.25) is 14.5 Å². The van der Waals surface area contributed by atoms with Gasteiger partial charge in [0.1, 0.15) is 11.8 Å². The van der Waals surface area contributed by atoms with Gasteiger partial charge in [0, 0.05) is 6.54 Å². The summed E-state index contributed by atoms with van der Waals surface area (Å²) < 4.78 is 5.24. The molecule has 0 fully saturated rings. The standard InChI is InChI=1S/C15H22N2O4/c1-11(15(19)20)17(2)10-14(18)16-9-8-12-6-4-5-7-13(12)21-3/h4-7,11H,8-10H2,1-3H3,(H,16,18)(H,19,20). The van der Waals surface area contributed by atoms with Gasteiger partial charge in [-0.2, -0.15) is 0 Å². The summed E-state index contributed by atoms with van der Waals surface area (Å²) in [6.45, 7) is 2.08. The number of carbonyl (C=O) groups excluding carboxylic acids is 1. The number of nitrogens with zero attached hydrogens (tertiary/aromatic N) is 1. The number of carboxylic acids is 1. The molecule has 6 nitrogen and oxygen atoms in total. The molecular weight excluding hydrogens is 272 g/mol. The first kappa shape index (κ1) is 17.0. The Hall–Kier alpha value is -2.08. The molecule has 0 aromatic heterocycles. The Morgan fingerprint density at radius 2 is 2.05 bits per heavy atom. The van der Waals surface area contributed by atoms with Crippen molar-refractivity contribution in [3.8, 4) is 5.75 Å². The van der Waals surface area contributed by atoms with Crippen molar-refractivity contribution in [3.63, 3.8) is 0 Å². The number of likely N-dealkylation sites (N-methyl/N-ethyl adjacent to an activating group) is 1. The molecule has 21 heavy (non-hydrogen) atoms. The fraction of sp³-hybridized carbons (Fsp3) is 0.467. The van der Waals surface area contributed by atoms with Crippen molar-refractivity contribution in [2.45, 2.75) is 19.4 Å². The average Bonchev–Trinajstić information content (AvgIpc) is 2.46. The summed E-state index contributed by atoms with van der Waals surface area (Å²) in [4.78, 5) is 24.0. The van der Waals surface area contributed by atoms with Crippen LogP contribution in [0, 0.1) is 0 Å². The van der Waals surface area contributed by atoms with Crippen LogP contribution in [0.4, 0.5) is 0 Å². The van der Waals surface area contributed by atoms with Gasteiger partial charge in [-0.1, -0.05) is 18.2 Å². The highest BCUT2D eigenvalue weighted by Gasteiger charge is 2.18. The Labute approximate surface area is 124 Å². The summed E-state index contributed by atoms with van der Waals surface area (Å²) in [7, 11) is 3.22. The van der Waals surface area contributed by atoms with E-state index < -0.39 is 12.0 Å². The van der Waals surface area contributed by atoms with E-state index in [0.717, 1.165) is 11.3 Å². The van der Waals surface area contributed by atoms with Crippen LogP contribution in [0.1, 0.15) is 12.5 Å². The first-order valence-corrected chi connectivity index (χ1v) is 6.77. The van der Waals surface area contributed by atoms with E-state index in [-0.39, 0.29) is 12.5 Å². The van der Waals surface area contributed by atoms with Crippen LogP contribution in [0.5, 0.6) is 5.75 Å². The predicted molar refractivity (Wildman–Crippen MR) is 79.4 cm³/mol. The molecule has 1 unspecified atom stereocenters. The van der Waals surface area contributed by atoms with Gasteiger partial charge in [0.05, 0.1) is 13.7 Å². The van der Waals surface area contributed by atoms with Gasteiger partial charge in [0.25, 0.3) is 0 Å². The summed E-state index contributed by atoms with van der Waals surface area (Å²) in [6.07, 6.45) is 0.661. The topological polar surface area (TPSA) is 78.9 Å². The van der Waals surface area contributed by atoms with Crippen molar-refractivity contribution < 1.29 is 19.4 Å². The fourth-order valence-corrected chi connectivity index (χ4v) is 1.85. The highest BCUT2D eigenvalue weighted by molar-refractivity contribution is 5.79. The molecule has 1 aromatic carbocycles. The number of para-hydroxylation sites is 1. The molecule has 0 spiro atoms. The third-order valence-corrected chi connectivity index (χ3v) is 3.32. The molecule has 1 aromatic rings. The van der Waals surface area contributed by atoms with Crippen LogP contribution < -0.4 is 10.1 Å². The number of methoxy groups -OCH3 is 1. The van der Waals surface area contributed by atoms with Crippen LogP contribution >= 0.6 is 0 Å². The van der Waals surface area contributed by atoms with E-state index in [2.05, 4.69) is 5.32 Å². The summed E-state index contributed by atoms with van der Waals surface area (Å²) in [5.41, 5.74) is 1.02. The number of nitrogens with one attached hydrogen (secondary N) is 1. The number of hydrogen-bond acceptors (Lipinski definition) is 4. The lowest BCUT2D eigenvalue weighted by atomic mass is 10.1. The Balaban J connectivity index is 2.38. The first-order chi connectivity index (χ1) is 9.95. The predicted octanol–water partition coefficient (Wildman–Crippen LogP) is 0.759. The van der Waals surface area contributed by atoms with Crippen LogP contribution in [0.3, 0.4) is 0 Å². The van der Waals surface area contributed by atoms with Gasteiger partial charge in [-0.05, 0) is 32.0 Å². The highest BCUT2D eigenvalue weighted by Crippen LogP contribution is 2.17. The minimum atomic E-state index is -0.945. The van der Waals surface area contributed by atoms with Crippen molar-refractivity contribution in [2.24, 2.45) is 0 Å². The zero-order chi connectivity index (χ0) is 15.8. The molecule has 0 aliphatic carbocycles. The third-order valence-electron chi connectivity index (χ3n) is 3.32. The molecule has 6 heteroatoms. The van der Waals surface area contributed by atoms with Gasteiger partial charge in [0.15, 0.2) is 0 Å². The Morgan fingerprint density at radius 3 is 2.67 bits per heavy atom. The van der Waals surface area contributed by atoms with E-state index in [0.29, 0.717) is 13.0 Å². The largest absolute Gasteiger partial charge is 0.496 e. The minimum absolute atomic E-state index is 0.0550. The number of ether oxygens (including phenoxy) is 1. The van der Waals surface area contributed by atoms with Gasteiger partial charge >= 0.3 is 5.97 Å². The molecule has 0 bridgehead atoms. The fourth-order valence-electron chi connectivity index (χ4n) is 1.85. The Morgan fingerprint density at radius 1 is 1.38 bits per heavy atom. The molecule has 1 amide bonds. The van der Waals surface area contributed by atoms with Crippen LogP contribution in [-0.2, 0) is 16.0 Å². The lowest BCUT2D eigenvalue weighted by Gasteiger charge is -2.20. The molecular formula is C15H22N2O4. The molecule has 1 rings (SSSR count). The van der Waals surface area contributed by atoms with Gasteiger partial charge in [-0.25, -0.2) is 0 Å². The Bertz CT molecular complexity index is 490. The van der Waals surface area contributed by atoms with Crippen LogP contribution in [-0.4, -0.2) is 55.2 Å². The number of carbonyl (C=O) groups is 2. The molecule has 1 atom stereocenters. The van der Waals surface area contributed by atoms with E-state index in [9.17, 15) is 9.59 Å². The lowest BCUT2D eigenvalue weighted by Crippen LogP contribution is -2.43. The van der Waals surface area contributed by atoms with E-state index in [1.807, 2.05) is 24.3 Å². The molecule has 0 saturated carbocycles. The monoisotopic (exact) mass is 294 g/mol. The summed E-state index contributed by atoms with van der Waals surface area (Å²) >= 11 is 0. The van der Waals surface area contributed by atoms with Crippen molar-refractivity contribution >= 4 is 11.9 Å². The molecule has 0 radical (unpaired) electrons. The van der Waals surface area contributed by atoms with Gasteiger partial charge in [-0.15, -0.1) is 0 Å². The van der Waals surface area contributed by atoms with Crippen molar-refractivity contribution in [1.29, 1.82) is 0 Å². The maximum absolute atomic E-state index is 11.7. The second-order valence-electron chi connectivity index (χ2n) is 4.84. The van der Waals surface area contributed by atoms with Gasteiger partial charge in [0.2, 0.25) is 5.91 Å². The van der Waals surface area contributed by atoms with Gasteiger partial charge < -0.3 is 15.2 Å². The lowest BCUT2D eigenvalue weighted by molar-refractivity contribution is -0.142. The van der Waals surface area contributed by atoms with Crippen molar-refractivity contribution in [3.05, 3.63) is 29.8 Å². The molecule has 2 N–H and O–H groups in total. The Kier molecular flexibility index (Phi) is 6.68. The third kappa shape index (κ3) is 5.43. The van der Waals surface area contributed by atoms with E-state index in [1.54, 1.807) is 21.1 Å². The molecule has 0 saturated heterocycles. The van der Waals surface area contributed by atoms with E-state index >= 15 is 0 Å². The maximum Gasteiger partial charge on any atom is 0.320 e. The number of benzene rings is 1. The zero-order valence-corrected chi connectivity index (χ0v) is 12.6. The first-order valence-electron chi connectivity index (χ1n) is 6.77. The van der Waals surface area contributed by atoms with Crippen LogP contribution in [0.15, 0.2) is 24.3 Å². The second kappa shape index (κ2) is 8.26. The SMILES string of the molecule is COc1ccccc1CCNC(=O)CN(C)C(C)C(=O)O. The minimum Gasteiger partial charge on any atom is -0.496 e. The average molecular weight is 294 g/mol. The zero-order valence-electron chi connectivity index (χ0n) is 12.6. The summed E-state index contributed by atoms with van der Waals surface area (Å²) in [5, 5.41) is 11.6. The second-order valence-corrected chi connectivity index (χ2v) is 4.84. The number of carboxylic acid groups (broad SMARTS) is 1. The summed E-state index contributed by atoms with van der Waals surface area (Å²) in [6, 6.07) is 6.94. The quantitative estimate of drug-likeness (QED) is 0.740. The smallest absolute Gasteiger partial charge is 0.320 e.